The lowest BCUT2D eigenvalue weighted by atomic mass is 10.0. The molecule has 0 aliphatic carbocycles. The van der Waals surface area contributed by atoms with Crippen LogP contribution in [-0.4, -0.2) is 13.1 Å². The van der Waals surface area contributed by atoms with Gasteiger partial charge in [-0.05, 0) is 73.2 Å². The normalized spacial score (nSPS) is 10.5. The number of benzene rings is 3. The van der Waals surface area contributed by atoms with E-state index in [1.54, 1.807) is 18.2 Å². The number of hydrogen-bond donors (Lipinski definition) is 1. The SMILES string of the molecule is COC(=O)c1ccc(CCCCc2ccccc2)cc1Nc1ccc(F)cc1. The summed E-state index contributed by atoms with van der Waals surface area (Å²) in [6, 6.07) is 22.2. The zero-order valence-corrected chi connectivity index (χ0v) is 16.0. The van der Waals surface area contributed by atoms with Gasteiger partial charge in [0.05, 0.1) is 18.4 Å². The van der Waals surface area contributed by atoms with Crippen LogP contribution in [0, 0.1) is 5.82 Å². The number of esters is 1. The molecule has 3 aromatic rings. The minimum Gasteiger partial charge on any atom is -0.465 e. The first-order valence-corrected chi connectivity index (χ1v) is 9.43. The van der Waals surface area contributed by atoms with Crippen LogP contribution in [0.15, 0.2) is 72.8 Å². The molecule has 0 saturated carbocycles. The molecule has 0 unspecified atom stereocenters. The number of ether oxygens (including phenoxy) is 1. The van der Waals surface area contributed by atoms with Crippen molar-refractivity contribution in [1.29, 1.82) is 0 Å². The fraction of sp³-hybridized carbons (Fsp3) is 0.208. The van der Waals surface area contributed by atoms with E-state index in [2.05, 4.69) is 29.6 Å². The van der Waals surface area contributed by atoms with Gasteiger partial charge in [-0.1, -0.05) is 36.4 Å². The highest BCUT2D eigenvalue weighted by Crippen LogP contribution is 2.24. The van der Waals surface area contributed by atoms with Gasteiger partial charge in [0.25, 0.3) is 0 Å². The first-order chi connectivity index (χ1) is 13.7. The summed E-state index contributed by atoms with van der Waals surface area (Å²) in [5.74, 6) is -0.703. The summed E-state index contributed by atoms with van der Waals surface area (Å²) in [4.78, 5) is 12.1. The fourth-order valence-corrected chi connectivity index (χ4v) is 3.13. The van der Waals surface area contributed by atoms with Crippen molar-refractivity contribution in [2.75, 3.05) is 12.4 Å². The third-order valence-electron chi connectivity index (χ3n) is 4.64. The molecular formula is C24H24FNO2. The van der Waals surface area contributed by atoms with Gasteiger partial charge in [0.2, 0.25) is 0 Å². The van der Waals surface area contributed by atoms with E-state index in [0.717, 1.165) is 31.2 Å². The van der Waals surface area contributed by atoms with Crippen LogP contribution in [0.4, 0.5) is 15.8 Å². The lowest BCUT2D eigenvalue weighted by Gasteiger charge is -2.13. The smallest absolute Gasteiger partial charge is 0.339 e. The van der Waals surface area contributed by atoms with Crippen LogP contribution in [0.3, 0.4) is 0 Å². The fourth-order valence-electron chi connectivity index (χ4n) is 3.13. The molecule has 144 valence electrons. The van der Waals surface area contributed by atoms with Crippen LogP contribution in [0.1, 0.15) is 34.3 Å². The molecule has 4 heteroatoms. The van der Waals surface area contributed by atoms with Gasteiger partial charge < -0.3 is 10.1 Å². The van der Waals surface area contributed by atoms with E-state index in [-0.39, 0.29) is 5.82 Å². The van der Waals surface area contributed by atoms with Crippen molar-refractivity contribution >= 4 is 17.3 Å². The summed E-state index contributed by atoms with van der Waals surface area (Å²) >= 11 is 0. The van der Waals surface area contributed by atoms with E-state index >= 15 is 0 Å². The molecule has 28 heavy (non-hydrogen) atoms. The lowest BCUT2D eigenvalue weighted by Crippen LogP contribution is -2.06. The second-order valence-corrected chi connectivity index (χ2v) is 6.70. The standard InChI is InChI=1S/C24H24FNO2/c1-28-24(27)22-16-11-19(10-6-5-9-18-7-3-2-4-8-18)17-23(22)26-21-14-12-20(25)13-15-21/h2-4,7-8,11-17,26H,5-6,9-10H2,1H3. The van der Waals surface area contributed by atoms with Gasteiger partial charge in [-0.3, -0.25) is 0 Å². The molecule has 3 nitrogen and oxygen atoms in total. The Morgan fingerprint density at radius 3 is 2.25 bits per heavy atom. The van der Waals surface area contributed by atoms with Crippen molar-refractivity contribution in [2.24, 2.45) is 0 Å². The summed E-state index contributed by atoms with van der Waals surface area (Å²) in [5.41, 5.74) is 4.33. The molecule has 0 heterocycles. The van der Waals surface area contributed by atoms with Gasteiger partial charge in [0, 0.05) is 5.69 Å². The van der Waals surface area contributed by atoms with E-state index in [1.165, 1.54) is 24.8 Å². The average molecular weight is 377 g/mol. The first-order valence-electron chi connectivity index (χ1n) is 9.43. The number of carbonyl (C=O) groups is 1. The van der Waals surface area contributed by atoms with Gasteiger partial charge in [-0.25, -0.2) is 9.18 Å². The molecule has 3 aromatic carbocycles. The maximum absolute atomic E-state index is 13.1. The monoisotopic (exact) mass is 377 g/mol. The van der Waals surface area contributed by atoms with Gasteiger partial charge in [0.1, 0.15) is 5.82 Å². The van der Waals surface area contributed by atoms with Gasteiger partial charge in [0.15, 0.2) is 0 Å². The minimum absolute atomic E-state index is 0.300. The Morgan fingerprint density at radius 2 is 1.57 bits per heavy atom. The molecule has 0 saturated heterocycles. The van der Waals surface area contributed by atoms with Crippen LogP contribution in [0.5, 0.6) is 0 Å². The Hall–Kier alpha value is -3.14. The summed E-state index contributed by atoms with van der Waals surface area (Å²) in [7, 11) is 1.36. The Balaban J connectivity index is 1.68. The van der Waals surface area contributed by atoms with Crippen molar-refractivity contribution in [3.8, 4) is 0 Å². The molecule has 0 spiro atoms. The van der Waals surface area contributed by atoms with E-state index in [4.69, 9.17) is 4.74 Å². The van der Waals surface area contributed by atoms with Crippen LogP contribution in [0.25, 0.3) is 0 Å². The van der Waals surface area contributed by atoms with Crippen LogP contribution in [-0.2, 0) is 17.6 Å². The third-order valence-corrected chi connectivity index (χ3v) is 4.64. The Bertz CT molecular complexity index is 908. The molecule has 0 radical (unpaired) electrons. The maximum atomic E-state index is 13.1. The number of rotatable bonds is 8. The highest BCUT2D eigenvalue weighted by atomic mass is 19.1. The Labute approximate surface area is 165 Å². The zero-order valence-electron chi connectivity index (χ0n) is 16.0. The molecular weight excluding hydrogens is 353 g/mol. The first kappa shape index (κ1) is 19.6. The Morgan fingerprint density at radius 1 is 0.893 bits per heavy atom. The number of aryl methyl sites for hydroxylation is 2. The average Bonchev–Trinajstić information content (AvgIpc) is 2.73. The summed E-state index contributed by atoms with van der Waals surface area (Å²) in [6.07, 6.45) is 4.14. The second kappa shape index (κ2) is 9.70. The van der Waals surface area contributed by atoms with E-state index in [1.807, 2.05) is 18.2 Å². The minimum atomic E-state index is -0.403. The molecule has 0 atom stereocenters. The number of nitrogens with one attached hydrogen (secondary N) is 1. The highest BCUT2D eigenvalue weighted by Gasteiger charge is 2.13. The molecule has 0 fully saturated rings. The lowest BCUT2D eigenvalue weighted by molar-refractivity contribution is 0.0602. The Kier molecular flexibility index (Phi) is 6.79. The van der Waals surface area contributed by atoms with E-state index in [9.17, 15) is 9.18 Å². The zero-order chi connectivity index (χ0) is 19.8. The number of anilines is 2. The van der Waals surface area contributed by atoms with Gasteiger partial charge in [-0.15, -0.1) is 0 Å². The van der Waals surface area contributed by atoms with Crippen LogP contribution < -0.4 is 5.32 Å². The quantitative estimate of drug-likeness (QED) is 0.391. The van der Waals surface area contributed by atoms with E-state index in [0.29, 0.717) is 16.9 Å². The summed E-state index contributed by atoms with van der Waals surface area (Å²) < 4.78 is 18.0. The van der Waals surface area contributed by atoms with Crippen molar-refractivity contribution in [1.82, 2.24) is 0 Å². The molecule has 3 rings (SSSR count). The molecule has 0 aliphatic rings. The number of carbonyl (C=O) groups excluding carboxylic acids is 1. The van der Waals surface area contributed by atoms with Crippen LogP contribution in [0.2, 0.25) is 0 Å². The molecule has 0 amide bonds. The molecule has 0 aliphatic heterocycles. The number of unbranched alkanes of at least 4 members (excludes halogenated alkanes) is 1. The van der Waals surface area contributed by atoms with Crippen molar-refractivity contribution in [3.05, 3.63) is 95.3 Å². The van der Waals surface area contributed by atoms with Crippen molar-refractivity contribution in [3.63, 3.8) is 0 Å². The van der Waals surface area contributed by atoms with E-state index < -0.39 is 5.97 Å². The van der Waals surface area contributed by atoms with Gasteiger partial charge in [-0.2, -0.15) is 0 Å². The predicted molar refractivity (Wildman–Crippen MR) is 111 cm³/mol. The molecule has 0 bridgehead atoms. The van der Waals surface area contributed by atoms with Crippen molar-refractivity contribution in [2.45, 2.75) is 25.7 Å². The topological polar surface area (TPSA) is 38.3 Å². The molecule has 1 N–H and O–H groups in total. The highest BCUT2D eigenvalue weighted by molar-refractivity contribution is 5.96. The number of halogens is 1. The van der Waals surface area contributed by atoms with Crippen molar-refractivity contribution < 1.29 is 13.9 Å². The number of hydrogen-bond acceptors (Lipinski definition) is 3. The predicted octanol–water partition coefficient (Wildman–Crippen LogP) is 5.92. The van der Waals surface area contributed by atoms with Crippen LogP contribution >= 0.6 is 0 Å². The largest absolute Gasteiger partial charge is 0.465 e. The second-order valence-electron chi connectivity index (χ2n) is 6.70. The third kappa shape index (κ3) is 5.43. The molecule has 0 aromatic heterocycles. The summed E-state index contributed by atoms with van der Waals surface area (Å²) in [5, 5.41) is 3.20. The number of methoxy groups -OCH3 is 1. The summed E-state index contributed by atoms with van der Waals surface area (Å²) in [6.45, 7) is 0. The van der Waals surface area contributed by atoms with Gasteiger partial charge >= 0.3 is 5.97 Å². The maximum Gasteiger partial charge on any atom is 0.339 e.